The summed E-state index contributed by atoms with van der Waals surface area (Å²) >= 11 is 7.75. The quantitative estimate of drug-likeness (QED) is 0.713. The second kappa shape index (κ2) is 8.25. The molecule has 1 N–H and O–H groups in total. The smallest absolute Gasteiger partial charge is 0.234 e. The number of rotatable bonds is 5. The minimum Gasteiger partial charge on any atom is -0.368 e. The Morgan fingerprint density at radius 2 is 2.04 bits per heavy atom. The third-order valence-corrected chi connectivity index (χ3v) is 5.91. The highest BCUT2D eigenvalue weighted by Gasteiger charge is 2.20. The van der Waals surface area contributed by atoms with E-state index in [-0.39, 0.29) is 5.91 Å². The van der Waals surface area contributed by atoms with E-state index in [1.165, 1.54) is 10.6 Å². The Morgan fingerprint density at radius 3 is 2.81 bits per heavy atom. The van der Waals surface area contributed by atoms with Crippen molar-refractivity contribution in [2.45, 2.75) is 6.54 Å². The maximum Gasteiger partial charge on any atom is 0.234 e. The van der Waals surface area contributed by atoms with Gasteiger partial charge in [-0.3, -0.25) is 14.7 Å². The molecule has 4 rings (SSSR count). The summed E-state index contributed by atoms with van der Waals surface area (Å²) in [5, 5.41) is 6.84. The number of aromatic nitrogens is 1. The second-order valence-electron chi connectivity index (χ2n) is 6.61. The Balaban J connectivity index is 1.33. The lowest BCUT2D eigenvalue weighted by atomic mass is 10.1. The number of piperazine rings is 1. The molecule has 0 saturated carbocycles. The van der Waals surface area contributed by atoms with Gasteiger partial charge in [-0.2, -0.15) is 0 Å². The molecule has 0 radical (unpaired) electrons. The Hall–Kier alpha value is -2.15. The maximum atomic E-state index is 12.2. The average molecular weight is 401 g/mol. The zero-order chi connectivity index (χ0) is 18.6. The minimum absolute atomic E-state index is 0.0841. The van der Waals surface area contributed by atoms with E-state index in [0.29, 0.717) is 18.1 Å². The molecule has 0 unspecified atom stereocenters. The van der Waals surface area contributed by atoms with Crippen LogP contribution in [0.1, 0.15) is 4.88 Å². The van der Waals surface area contributed by atoms with Crippen molar-refractivity contribution in [3.8, 4) is 0 Å². The van der Waals surface area contributed by atoms with Gasteiger partial charge < -0.3 is 10.2 Å². The number of thiophene rings is 1. The third-order valence-electron chi connectivity index (χ3n) is 4.80. The normalized spacial score (nSPS) is 15.2. The minimum atomic E-state index is 0.0841. The molecule has 1 aromatic carbocycles. The van der Waals surface area contributed by atoms with Gasteiger partial charge in [0.1, 0.15) is 0 Å². The largest absolute Gasteiger partial charge is 0.368 e. The summed E-state index contributed by atoms with van der Waals surface area (Å²) in [4.78, 5) is 22.3. The fourth-order valence-corrected chi connectivity index (χ4v) is 4.20. The molecule has 1 aliphatic heterocycles. The van der Waals surface area contributed by atoms with Gasteiger partial charge in [-0.15, -0.1) is 11.3 Å². The van der Waals surface area contributed by atoms with Gasteiger partial charge in [-0.25, -0.2) is 0 Å². The first-order valence-electron chi connectivity index (χ1n) is 9.00. The first-order valence-corrected chi connectivity index (χ1v) is 10.3. The molecule has 3 aromatic rings. The summed E-state index contributed by atoms with van der Waals surface area (Å²) in [5.41, 5.74) is 2.09. The summed E-state index contributed by atoms with van der Waals surface area (Å²) < 4.78 is 0. The van der Waals surface area contributed by atoms with E-state index in [1.54, 1.807) is 11.3 Å². The molecule has 1 fully saturated rings. The lowest BCUT2D eigenvalue weighted by molar-refractivity contribution is -0.122. The standard InChI is InChI=1S/C20H21ClN4OS/c21-15-3-4-17-18(12-15)22-6-5-19(17)25-9-7-24(8-10-25)14-20(26)23-13-16-2-1-11-27-16/h1-6,11-12H,7-10,13-14H2,(H,23,26). The van der Waals surface area contributed by atoms with Crippen molar-refractivity contribution < 1.29 is 4.79 Å². The third kappa shape index (κ3) is 4.40. The molecule has 0 spiro atoms. The van der Waals surface area contributed by atoms with Crippen LogP contribution in [0.2, 0.25) is 5.02 Å². The Labute approximate surface area is 167 Å². The van der Waals surface area contributed by atoms with E-state index >= 15 is 0 Å². The number of amides is 1. The van der Waals surface area contributed by atoms with Gasteiger partial charge >= 0.3 is 0 Å². The van der Waals surface area contributed by atoms with Gasteiger partial charge in [0.2, 0.25) is 5.91 Å². The van der Waals surface area contributed by atoms with Crippen molar-refractivity contribution in [1.82, 2.24) is 15.2 Å². The van der Waals surface area contributed by atoms with Crippen LogP contribution in [0, 0.1) is 0 Å². The van der Waals surface area contributed by atoms with Crippen molar-refractivity contribution in [2.75, 3.05) is 37.6 Å². The Kier molecular flexibility index (Phi) is 5.57. The first-order chi connectivity index (χ1) is 13.2. The molecular formula is C20H21ClN4OS. The monoisotopic (exact) mass is 400 g/mol. The molecule has 2 aromatic heterocycles. The molecule has 3 heterocycles. The Morgan fingerprint density at radius 1 is 1.19 bits per heavy atom. The number of fused-ring (bicyclic) bond motifs is 1. The predicted molar refractivity (Wildman–Crippen MR) is 112 cm³/mol. The fourth-order valence-electron chi connectivity index (χ4n) is 3.39. The zero-order valence-electron chi connectivity index (χ0n) is 14.9. The van der Waals surface area contributed by atoms with E-state index in [4.69, 9.17) is 11.6 Å². The highest BCUT2D eigenvalue weighted by Crippen LogP contribution is 2.28. The van der Waals surface area contributed by atoms with Crippen LogP contribution in [0.25, 0.3) is 10.9 Å². The van der Waals surface area contributed by atoms with Crippen molar-refractivity contribution in [3.63, 3.8) is 0 Å². The molecule has 0 bridgehead atoms. The highest BCUT2D eigenvalue weighted by atomic mass is 35.5. The lowest BCUT2D eigenvalue weighted by Crippen LogP contribution is -2.49. The lowest BCUT2D eigenvalue weighted by Gasteiger charge is -2.36. The van der Waals surface area contributed by atoms with Crippen molar-refractivity contribution in [1.29, 1.82) is 0 Å². The molecule has 0 aliphatic carbocycles. The van der Waals surface area contributed by atoms with Crippen LogP contribution < -0.4 is 10.2 Å². The number of pyridine rings is 1. The summed E-state index contributed by atoms with van der Waals surface area (Å²) in [6, 6.07) is 11.9. The number of benzene rings is 1. The van der Waals surface area contributed by atoms with E-state index in [9.17, 15) is 4.79 Å². The van der Waals surface area contributed by atoms with Gasteiger partial charge in [0, 0.05) is 53.3 Å². The fraction of sp³-hybridized carbons (Fsp3) is 0.300. The molecule has 1 aliphatic rings. The zero-order valence-corrected chi connectivity index (χ0v) is 16.5. The number of halogens is 1. The number of nitrogens with zero attached hydrogens (tertiary/aromatic N) is 3. The van der Waals surface area contributed by atoms with Crippen LogP contribution in [-0.4, -0.2) is 48.5 Å². The van der Waals surface area contributed by atoms with Gasteiger partial charge in [-0.05, 0) is 35.7 Å². The van der Waals surface area contributed by atoms with Crippen LogP contribution in [-0.2, 0) is 11.3 Å². The van der Waals surface area contributed by atoms with Gasteiger partial charge in [0.15, 0.2) is 0 Å². The van der Waals surface area contributed by atoms with Crippen LogP contribution >= 0.6 is 22.9 Å². The van der Waals surface area contributed by atoms with Crippen LogP contribution in [0.15, 0.2) is 48.0 Å². The Bertz CT molecular complexity index is 923. The molecular weight excluding hydrogens is 380 g/mol. The van der Waals surface area contributed by atoms with Crippen LogP contribution in [0.5, 0.6) is 0 Å². The van der Waals surface area contributed by atoms with Crippen molar-refractivity contribution in [3.05, 3.63) is 57.9 Å². The molecule has 5 nitrogen and oxygen atoms in total. The van der Waals surface area contributed by atoms with Crippen LogP contribution in [0.3, 0.4) is 0 Å². The molecule has 7 heteroatoms. The summed E-state index contributed by atoms with van der Waals surface area (Å²) in [6.07, 6.45) is 1.83. The summed E-state index contributed by atoms with van der Waals surface area (Å²) in [7, 11) is 0. The maximum absolute atomic E-state index is 12.2. The average Bonchev–Trinajstić information content (AvgIpc) is 3.20. The van der Waals surface area contributed by atoms with Gasteiger partial charge in [0.25, 0.3) is 0 Å². The van der Waals surface area contributed by atoms with E-state index in [0.717, 1.165) is 37.1 Å². The number of hydrogen-bond donors (Lipinski definition) is 1. The summed E-state index contributed by atoms with van der Waals surface area (Å²) in [6.45, 7) is 4.57. The number of anilines is 1. The van der Waals surface area contributed by atoms with Crippen molar-refractivity contribution >= 4 is 45.4 Å². The highest BCUT2D eigenvalue weighted by molar-refractivity contribution is 7.09. The van der Waals surface area contributed by atoms with Gasteiger partial charge in [0.05, 0.1) is 18.6 Å². The molecule has 1 saturated heterocycles. The summed E-state index contributed by atoms with van der Waals surface area (Å²) in [5.74, 6) is 0.0841. The topological polar surface area (TPSA) is 48.5 Å². The number of hydrogen-bond acceptors (Lipinski definition) is 5. The molecule has 27 heavy (non-hydrogen) atoms. The number of carbonyl (C=O) groups is 1. The molecule has 0 atom stereocenters. The van der Waals surface area contributed by atoms with E-state index in [2.05, 4.69) is 26.2 Å². The second-order valence-corrected chi connectivity index (χ2v) is 8.08. The first kappa shape index (κ1) is 18.2. The van der Waals surface area contributed by atoms with Crippen LogP contribution in [0.4, 0.5) is 5.69 Å². The molecule has 140 valence electrons. The predicted octanol–water partition coefficient (Wildman–Crippen LogP) is 3.39. The number of carbonyl (C=O) groups excluding carboxylic acids is 1. The van der Waals surface area contributed by atoms with E-state index in [1.807, 2.05) is 41.9 Å². The van der Waals surface area contributed by atoms with E-state index < -0.39 is 0 Å². The SMILES string of the molecule is O=C(CN1CCN(c2ccnc3cc(Cl)ccc23)CC1)NCc1cccs1. The van der Waals surface area contributed by atoms with Gasteiger partial charge in [-0.1, -0.05) is 17.7 Å². The number of nitrogens with one attached hydrogen (secondary N) is 1. The van der Waals surface area contributed by atoms with Crippen molar-refractivity contribution in [2.24, 2.45) is 0 Å². The molecule has 1 amide bonds.